The largest absolute Gasteiger partial charge is 0.496 e. The van der Waals surface area contributed by atoms with Crippen molar-refractivity contribution in [2.45, 2.75) is 31.6 Å². The van der Waals surface area contributed by atoms with Crippen LogP contribution in [0.3, 0.4) is 0 Å². The minimum Gasteiger partial charge on any atom is -0.496 e. The first-order chi connectivity index (χ1) is 9.70. The van der Waals surface area contributed by atoms with Gasteiger partial charge in [0.05, 0.1) is 30.6 Å². The maximum absolute atomic E-state index is 12.2. The van der Waals surface area contributed by atoms with Crippen molar-refractivity contribution < 1.29 is 17.9 Å². The number of sulfone groups is 1. The molecule has 0 fully saturated rings. The highest BCUT2D eigenvalue weighted by Crippen LogP contribution is 2.41. The second-order valence-electron chi connectivity index (χ2n) is 5.44. The van der Waals surface area contributed by atoms with Crippen molar-refractivity contribution >= 4 is 9.84 Å². The summed E-state index contributed by atoms with van der Waals surface area (Å²) in [6.45, 7) is 5.99. The van der Waals surface area contributed by atoms with Gasteiger partial charge in [-0.2, -0.15) is 0 Å². The Morgan fingerprint density at radius 3 is 2.00 bits per heavy atom. The van der Waals surface area contributed by atoms with Crippen LogP contribution >= 0.6 is 0 Å². The lowest BCUT2D eigenvalue weighted by Gasteiger charge is -2.35. The molecule has 0 aliphatic carbocycles. The van der Waals surface area contributed by atoms with Gasteiger partial charge in [0, 0.05) is 6.26 Å². The highest BCUT2D eigenvalue weighted by atomic mass is 32.2. The van der Waals surface area contributed by atoms with Gasteiger partial charge in [0.15, 0.2) is 9.84 Å². The van der Waals surface area contributed by atoms with Gasteiger partial charge in [-0.05, 0) is 32.5 Å². The maximum atomic E-state index is 12.2. The Morgan fingerprint density at radius 2 is 1.67 bits per heavy atom. The molecule has 1 aromatic carbocycles. The van der Waals surface area contributed by atoms with E-state index in [0.717, 1.165) is 5.56 Å². The van der Waals surface area contributed by atoms with Crippen LogP contribution in [0.5, 0.6) is 11.5 Å². The maximum Gasteiger partial charge on any atom is 0.154 e. The lowest BCUT2D eigenvalue weighted by Crippen LogP contribution is -2.45. The Kier molecular flexibility index (Phi) is 5.64. The number of hydrogen-bond acceptors (Lipinski definition) is 5. The van der Waals surface area contributed by atoms with Crippen LogP contribution in [0.15, 0.2) is 18.2 Å². The number of ether oxygens (including phenoxy) is 2. The molecule has 0 aromatic heterocycles. The molecule has 0 aliphatic heterocycles. The van der Waals surface area contributed by atoms with E-state index in [1.807, 2.05) is 13.0 Å². The summed E-state index contributed by atoms with van der Waals surface area (Å²) in [5.41, 5.74) is 0.722. The fraction of sp³-hybridized carbons (Fsp3) is 0.600. The molecule has 0 saturated heterocycles. The molecule has 0 heterocycles. The van der Waals surface area contributed by atoms with Crippen molar-refractivity contribution in [3.63, 3.8) is 0 Å². The number of nitrogens with one attached hydrogen (secondary N) is 1. The lowest BCUT2D eigenvalue weighted by atomic mass is 9.93. The number of hydrogen-bond donors (Lipinski definition) is 1. The highest BCUT2D eigenvalue weighted by molar-refractivity contribution is 7.92. The Labute approximate surface area is 127 Å². The number of benzene rings is 1. The van der Waals surface area contributed by atoms with Gasteiger partial charge in [-0.1, -0.05) is 13.0 Å². The minimum atomic E-state index is -3.30. The van der Waals surface area contributed by atoms with E-state index in [-0.39, 0.29) is 0 Å². The molecule has 120 valence electrons. The van der Waals surface area contributed by atoms with Crippen LogP contribution in [0.4, 0.5) is 0 Å². The molecular weight excluding hydrogens is 290 g/mol. The molecule has 1 rings (SSSR count). The van der Waals surface area contributed by atoms with Crippen molar-refractivity contribution in [2.75, 3.05) is 27.0 Å². The molecule has 1 N–H and O–H groups in total. The Balaban J connectivity index is 3.56. The summed E-state index contributed by atoms with van der Waals surface area (Å²) in [5.74, 6) is 1.22. The van der Waals surface area contributed by atoms with Gasteiger partial charge in [-0.25, -0.2) is 8.42 Å². The molecule has 0 radical (unpaired) electrons. The average Bonchev–Trinajstić information content (AvgIpc) is 2.42. The van der Waals surface area contributed by atoms with E-state index in [0.29, 0.717) is 18.0 Å². The molecule has 0 saturated carbocycles. The highest BCUT2D eigenvalue weighted by Gasteiger charge is 2.42. The van der Waals surface area contributed by atoms with Crippen LogP contribution in [0.2, 0.25) is 0 Å². The molecule has 1 unspecified atom stereocenters. The van der Waals surface area contributed by atoms with Crippen molar-refractivity contribution in [3.8, 4) is 11.5 Å². The summed E-state index contributed by atoms with van der Waals surface area (Å²) in [6, 6.07) is 4.99. The lowest BCUT2D eigenvalue weighted by molar-refractivity contribution is 0.352. The summed E-state index contributed by atoms with van der Waals surface area (Å²) < 4.78 is 34.2. The monoisotopic (exact) mass is 315 g/mol. The molecule has 0 spiro atoms. The molecule has 0 amide bonds. The van der Waals surface area contributed by atoms with Gasteiger partial charge in [0.25, 0.3) is 0 Å². The summed E-state index contributed by atoms with van der Waals surface area (Å²) in [7, 11) is -0.167. The quantitative estimate of drug-likeness (QED) is 0.835. The predicted octanol–water partition coefficient (Wildman–Crippen LogP) is 2.18. The minimum absolute atomic E-state index is 0.441. The van der Waals surface area contributed by atoms with E-state index in [9.17, 15) is 8.42 Å². The molecular formula is C15H25NO4S. The average molecular weight is 315 g/mol. The van der Waals surface area contributed by atoms with E-state index < -0.39 is 20.6 Å². The standard InChI is InChI=1S/C15H25NO4S/c1-7-16-14(15(2,3)21(6,17)18)13-11(19-4)9-8-10-12(13)20-5/h8-10,14,16H,7H2,1-6H3. The van der Waals surface area contributed by atoms with Crippen LogP contribution in [-0.2, 0) is 9.84 Å². The molecule has 5 nitrogen and oxygen atoms in total. The summed E-state index contributed by atoms with van der Waals surface area (Å²) in [6.07, 6.45) is 1.25. The van der Waals surface area contributed by atoms with E-state index in [2.05, 4.69) is 5.32 Å². The first-order valence-electron chi connectivity index (χ1n) is 6.84. The van der Waals surface area contributed by atoms with Crippen molar-refractivity contribution in [1.82, 2.24) is 5.32 Å². The summed E-state index contributed by atoms with van der Waals surface area (Å²) >= 11 is 0. The topological polar surface area (TPSA) is 64.6 Å². The fourth-order valence-corrected chi connectivity index (χ4v) is 2.91. The normalized spacial score (nSPS) is 13.8. The zero-order chi connectivity index (χ0) is 16.3. The van der Waals surface area contributed by atoms with E-state index >= 15 is 0 Å². The van der Waals surface area contributed by atoms with E-state index in [1.165, 1.54) is 6.26 Å². The van der Waals surface area contributed by atoms with Gasteiger partial charge in [0.1, 0.15) is 11.5 Å². The van der Waals surface area contributed by atoms with Crippen LogP contribution < -0.4 is 14.8 Å². The first-order valence-corrected chi connectivity index (χ1v) is 8.73. The molecule has 0 aliphatic rings. The molecule has 21 heavy (non-hydrogen) atoms. The van der Waals surface area contributed by atoms with Crippen LogP contribution in [0.1, 0.15) is 32.4 Å². The summed E-state index contributed by atoms with van der Waals surface area (Å²) in [4.78, 5) is 0. The molecule has 6 heteroatoms. The SMILES string of the molecule is CCNC(c1c(OC)cccc1OC)C(C)(C)S(C)(=O)=O. The van der Waals surface area contributed by atoms with E-state index in [4.69, 9.17) is 9.47 Å². The van der Waals surface area contributed by atoms with Gasteiger partial charge in [0.2, 0.25) is 0 Å². The smallest absolute Gasteiger partial charge is 0.154 e. The third-order valence-electron chi connectivity index (χ3n) is 3.81. The fourth-order valence-electron chi connectivity index (χ4n) is 2.28. The molecule has 1 atom stereocenters. The van der Waals surface area contributed by atoms with Gasteiger partial charge < -0.3 is 14.8 Å². The van der Waals surface area contributed by atoms with Crippen LogP contribution in [0.25, 0.3) is 0 Å². The number of methoxy groups -OCH3 is 2. The third kappa shape index (κ3) is 3.49. The van der Waals surface area contributed by atoms with Gasteiger partial charge in [-0.15, -0.1) is 0 Å². The zero-order valence-electron chi connectivity index (χ0n) is 13.6. The van der Waals surface area contributed by atoms with Crippen molar-refractivity contribution in [1.29, 1.82) is 0 Å². The Morgan fingerprint density at radius 1 is 1.19 bits per heavy atom. The Bertz CT molecular complexity index is 559. The molecule has 1 aromatic rings. The summed E-state index contributed by atoms with van der Waals surface area (Å²) in [5, 5.41) is 3.26. The van der Waals surface area contributed by atoms with Crippen LogP contribution in [0, 0.1) is 0 Å². The second-order valence-corrected chi connectivity index (χ2v) is 8.04. The third-order valence-corrected chi connectivity index (χ3v) is 5.96. The van der Waals surface area contributed by atoms with Gasteiger partial charge >= 0.3 is 0 Å². The van der Waals surface area contributed by atoms with Gasteiger partial charge in [-0.3, -0.25) is 0 Å². The van der Waals surface area contributed by atoms with Crippen LogP contribution in [-0.4, -0.2) is 40.2 Å². The van der Waals surface area contributed by atoms with Crippen molar-refractivity contribution in [2.24, 2.45) is 0 Å². The first kappa shape index (κ1) is 17.8. The second kappa shape index (κ2) is 6.66. The van der Waals surface area contributed by atoms with Crippen molar-refractivity contribution in [3.05, 3.63) is 23.8 Å². The predicted molar refractivity (Wildman–Crippen MR) is 84.9 cm³/mol. The zero-order valence-corrected chi connectivity index (χ0v) is 14.4. The Hall–Kier alpha value is -1.27. The number of rotatable bonds is 7. The van der Waals surface area contributed by atoms with E-state index in [1.54, 1.807) is 40.2 Å². The molecule has 0 bridgehead atoms.